The van der Waals surface area contributed by atoms with E-state index in [0.717, 1.165) is 11.1 Å². The van der Waals surface area contributed by atoms with E-state index in [1.807, 2.05) is 36.4 Å². The fourth-order valence-corrected chi connectivity index (χ4v) is 3.34. The third-order valence-electron chi connectivity index (χ3n) is 4.84. The molecule has 1 fully saturated rings. The first-order valence-corrected chi connectivity index (χ1v) is 9.42. The Morgan fingerprint density at radius 1 is 1.25 bits per heavy atom. The molecule has 1 aliphatic heterocycles. The molecule has 1 aromatic carbocycles. The van der Waals surface area contributed by atoms with E-state index in [9.17, 15) is 14.7 Å². The molecule has 1 aromatic heterocycles. The summed E-state index contributed by atoms with van der Waals surface area (Å²) in [5.74, 6) is -0.438. The average molecular weight is 382 g/mol. The largest absolute Gasteiger partial charge is 0.392 e. The molecule has 7 heteroatoms. The van der Waals surface area contributed by atoms with Crippen LogP contribution < -0.4 is 10.6 Å². The maximum Gasteiger partial charge on any atom is 0.245 e. The molecule has 3 rings (SSSR count). The van der Waals surface area contributed by atoms with Gasteiger partial charge in [0.25, 0.3) is 0 Å². The molecule has 0 saturated carbocycles. The SMILES string of the molecule is CN(Cc1ccccc1)C(=O)[C@H](Cc1cccnc1)NC(=O)[C@@H]1C[C@@H](O)CN1. The summed E-state index contributed by atoms with van der Waals surface area (Å²) in [5.41, 5.74) is 1.89. The maximum absolute atomic E-state index is 13.1. The number of carbonyl (C=O) groups excluding carboxylic acids is 2. The topological polar surface area (TPSA) is 94.6 Å². The van der Waals surface area contributed by atoms with Crippen molar-refractivity contribution < 1.29 is 14.7 Å². The summed E-state index contributed by atoms with van der Waals surface area (Å²) in [6.45, 7) is 0.840. The van der Waals surface area contributed by atoms with E-state index in [0.29, 0.717) is 25.9 Å². The molecule has 148 valence electrons. The Balaban J connectivity index is 1.70. The number of likely N-dealkylation sites (N-methyl/N-ethyl adjacent to an activating group) is 1. The number of carbonyl (C=O) groups is 2. The van der Waals surface area contributed by atoms with Crippen LogP contribution in [-0.4, -0.2) is 58.6 Å². The van der Waals surface area contributed by atoms with E-state index in [4.69, 9.17) is 0 Å². The minimum absolute atomic E-state index is 0.167. The van der Waals surface area contributed by atoms with E-state index in [2.05, 4.69) is 15.6 Å². The smallest absolute Gasteiger partial charge is 0.245 e. The second kappa shape index (κ2) is 9.43. The quantitative estimate of drug-likeness (QED) is 0.648. The summed E-state index contributed by atoms with van der Waals surface area (Å²) in [7, 11) is 1.73. The molecule has 0 unspecified atom stereocenters. The Hall–Kier alpha value is -2.77. The summed E-state index contributed by atoms with van der Waals surface area (Å²) in [5, 5.41) is 15.5. The number of aliphatic hydroxyl groups is 1. The first kappa shape index (κ1) is 20.0. The number of rotatable bonds is 7. The second-order valence-electron chi connectivity index (χ2n) is 7.16. The van der Waals surface area contributed by atoms with E-state index in [1.54, 1.807) is 30.4 Å². The molecule has 1 saturated heterocycles. The van der Waals surface area contributed by atoms with Crippen LogP contribution in [0.4, 0.5) is 0 Å². The second-order valence-corrected chi connectivity index (χ2v) is 7.16. The van der Waals surface area contributed by atoms with Gasteiger partial charge in [0, 0.05) is 39.0 Å². The number of β-amino-alcohol motifs (C(OH)–C–C–N with tert-alkyl or cyclic N) is 1. The zero-order chi connectivity index (χ0) is 19.9. The molecule has 2 heterocycles. The number of aromatic nitrogens is 1. The molecule has 28 heavy (non-hydrogen) atoms. The number of nitrogens with one attached hydrogen (secondary N) is 2. The van der Waals surface area contributed by atoms with Crippen LogP contribution in [0.15, 0.2) is 54.9 Å². The molecule has 0 radical (unpaired) electrons. The summed E-state index contributed by atoms with van der Waals surface area (Å²) in [6.07, 6.45) is 3.53. The van der Waals surface area contributed by atoms with Gasteiger partial charge in [-0.2, -0.15) is 0 Å². The molecule has 0 aliphatic carbocycles. The first-order valence-electron chi connectivity index (χ1n) is 9.42. The summed E-state index contributed by atoms with van der Waals surface area (Å²) in [4.78, 5) is 31.4. The number of hydrogen-bond donors (Lipinski definition) is 3. The van der Waals surface area contributed by atoms with Gasteiger partial charge in [0.05, 0.1) is 12.1 Å². The Bertz CT molecular complexity index is 785. The van der Waals surface area contributed by atoms with E-state index < -0.39 is 18.2 Å². The molecule has 0 bridgehead atoms. The van der Waals surface area contributed by atoms with Crippen LogP contribution in [0.3, 0.4) is 0 Å². The molecule has 1 aliphatic rings. The fourth-order valence-electron chi connectivity index (χ4n) is 3.34. The number of amides is 2. The highest BCUT2D eigenvalue weighted by molar-refractivity contribution is 5.90. The van der Waals surface area contributed by atoms with Crippen molar-refractivity contribution in [3.8, 4) is 0 Å². The average Bonchev–Trinajstić information content (AvgIpc) is 3.15. The van der Waals surface area contributed by atoms with Crippen molar-refractivity contribution in [3.63, 3.8) is 0 Å². The third-order valence-corrected chi connectivity index (χ3v) is 4.84. The van der Waals surface area contributed by atoms with Crippen LogP contribution in [0.2, 0.25) is 0 Å². The number of aliphatic hydroxyl groups excluding tert-OH is 1. The summed E-state index contributed by atoms with van der Waals surface area (Å²) >= 11 is 0. The lowest BCUT2D eigenvalue weighted by Gasteiger charge is -2.26. The number of hydrogen-bond acceptors (Lipinski definition) is 5. The van der Waals surface area contributed by atoms with Gasteiger partial charge in [0.1, 0.15) is 6.04 Å². The molecule has 2 amide bonds. The number of pyridine rings is 1. The van der Waals surface area contributed by atoms with Gasteiger partial charge in [-0.15, -0.1) is 0 Å². The molecule has 3 atom stereocenters. The maximum atomic E-state index is 13.1. The summed E-state index contributed by atoms with van der Waals surface area (Å²) in [6, 6.07) is 12.2. The molecule has 2 aromatic rings. The Labute approximate surface area is 164 Å². The van der Waals surface area contributed by atoms with Gasteiger partial charge in [0.2, 0.25) is 11.8 Å². The number of nitrogens with zero attached hydrogens (tertiary/aromatic N) is 2. The van der Waals surface area contributed by atoms with Crippen LogP contribution in [0.5, 0.6) is 0 Å². The van der Waals surface area contributed by atoms with E-state index >= 15 is 0 Å². The lowest BCUT2D eigenvalue weighted by Crippen LogP contribution is -2.52. The first-order chi connectivity index (χ1) is 13.5. The monoisotopic (exact) mass is 382 g/mol. The highest BCUT2D eigenvalue weighted by Crippen LogP contribution is 2.11. The lowest BCUT2D eigenvalue weighted by atomic mass is 10.0. The molecule has 3 N–H and O–H groups in total. The summed E-state index contributed by atoms with van der Waals surface area (Å²) < 4.78 is 0. The van der Waals surface area contributed by atoms with Crippen LogP contribution in [0, 0.1) is 0 Å². The van der Waals surface area contributed by atoms with Crippen molar-refractivity contribution >= 4 is 11.8 Å². The van der Waals surface area contributed by atoms with E-state index in [1.165, 1.54) is 0 Å². The minimum Gasteiger partial charge on any atom is -0.392 e. The third kappa shape index (κ3) is 5.37. The lowest BCUT2D eigenvalue weighted by molar-refractivity contribution is -0.136. The predicted molar refractivity (Wildman–Crippen MR) is 105 cm³/mol. The minimum atomic E-state index is -0.704. The molecular weight excluding hydrogens is 356 g/mol. The van der Waals surface area contributed by atoms with Gasteiger partial charge >= 0.3 is 0 Å². The van der Waals surface area contributed by atoms with Gasteiger partial charge in [0.15, 0.2) is 0 Å². The molecular formula is C21H26N4O3. The van der Waals surface area contributed by atoms with Gasteiger partial charge in [-0.05, 0) is 23.6 Å². The standard InChI is InChI=1S/C21H26N4O3/c1-25(14-15-6-3-2-4-7-15)21(28)19(10-16-8-5-9-22-12-16)24-20(27)18-11-17(26)13-23-18/h2-9,12,17-19,23,26H,10-11,13-14H2,1H3,(H,24,27)/t17-,18+,19+/m1/s1. The Morgan fingerprint density at radius 3 is 2.64 bits per heavy atom. The molecule has 7 nitrogen and oxygen atoms in total. The van der Waals surface area contributed by atoms with Crippen molar-refractivity contribution in [3.05, 3.63) is 66.0 Å². The predicted octanol–water partition coefficient (Wildman–Crippen LogP) is 0.490. The van der Waals surface area contributed by atoms with Gasteiger partial charge < -0.3 is 20.6 Å². The van der Waals surface area contributed by atoms with Crippen LogP contribution >= 0.6 is 0 Å². The number of benzene rings is 1. The van der Waals surface area contributed by atoms with E-state index in [-0.39, 0.29) is 11.8 Å². The fraction of sp³-hybridized carbons (Fsp3) is 0.381. The Kier molecular flexibility index (Phi) is 6.73. The van der Waals surface area contributed by atoms with Gasteiger partial charge in [-0.25, -0.2) is 0 Å². The van der Waals surface area contributed by atoms with Crippen molar-refractivity contribution in [1.82, 2.24) is 20.5 Å². The van der Waals surface area contributed by atoms with Crippen molar-refractivity contribution in [2.75, 3.05) is 13.6 Å². The van der Waals surface area contributed by atoms with Crippen molar-refractivity contribution in [1.29, 1.82) is 0 Å². The highest BCUT2D eigenvalue weighted by Gasteiger charge is 2.32. The van der Waals surface area contributed by atoms with Crippen molar-refractivity contribution in [2.45, 2.75) is 37.6 Å². The normalized spacial score (nSPS) is 19.8. The van der Waals surface area contributed by atoms with Gasteiger partial charge in [-0.3, -0.25) is 14.6 Å². The Morgan fingerprint density at radius 2 is 2.00 bits per heavy atom. The zero-order valence-electron chi connectivity index (χ0n) is 15.9. The zero-order valence-corrected chi connectivity index (χ0v) is 15.9. The highest BCUT2D eigenvalue weighted by atomic mass is 16.3. The van der Waals surface area contributed by atoms with Crippen LogP contribution in [0.25, 0.3) is 0 Å². The van der Waals surface area contributed by atoms with Crippen molar-refractivity contribution in [2.24, 2.45) is 0 Å². The van der Waals surface area contributed by atoms with Gasteiger partial charge in [-0.1, -0.05) is 36.4 Å². The van der Waals surface area contributed by atoms with Crippen LogP contribution in [0.1, 0.15) is 17.5 Å². The van der Waals surface area contributed by atoms with Crippen LogP contribution in [-0.2, 0) is 22.6 Å². The molecule has 0 spiro atoms.